The SMILES string of the molecule is CC(C)Cc1ccc2cc(I)ccc2c1. The lowest BCUT2D eigenvalue weighted by Gasteiger charge is -2.06. The maximum Gasteiger partial charge on any atom is 0.0136 e. The molecule has 15 heavy (non-hydrogen) atoms. The van der Waals surface area contributed by atoms with Crippen LogP contribution in [0.25, 0.3) is 10.8 Å². The van der Waals surface area contributed by atoms with Gasteiger partial charge in [0.25, 0.3) is 0 Å². The first-order chi connectivity index (χ1) is 7.15. The molecule has 0 saturated carbocycles. The van der Waals surface area contributed by atoms with Crippen LogP contribution < -0.4 is 0 Å². The molecule has 0 atom stereocenters. The Morgan fingerprint density at radius 1 is 1.00 bits per heavy atom. The van der Waals surface area contributed by atoms with Crippen molar-refractivity contribution in [2.75, 3.05) is 0 Å². The van der Waals surface area contributed by atoms with Gasteiger partial charge in [0, 0.05) is 3.57 Å². The highest BCUT2D eigenvalue weighted by Gasteiger charge is 2.00. The molecule has 2 rings (SSSR count). The van der Waals surface area contributed by atoms with Crippen LogP contribution >= 0.6 is 22.6 Å². The number of halogens is 1. The van der Waals surface area contributed by atoms with Crippen molar-refractivity contribution in [3.8, 4) is 0 Å². The lowest BCUT2D eigenvalue weighted by molar-refractivity contribution is 0.648. The summed E-state index contributed by atoms with van der Waals surface area (Å²) in [7, 11) is 0. The van der Waals surface area contributed by atoms with E-state index < -0.39 is 0 Å². The third-order valence-electron chi connectivity index (χ3n) is 2.51. The molecule has 0 aliphatic rings. The molecule has 0 aliphatic heterocycles. The average Bonchev–Trinajstić information content (AvgIpc) is 2.17. The Morgan fingerprint density at radius 3 is 2.40 bits per heavy atom. The molecule has 2 aromatic rings. The summed E-state index contributed by atoms with van der Waals surface area (Å²) in [6, 6.07) is 13.4. The van der Waals surface area contributed by atoms with Gasteiger partial charge in [0.05, 0.1) is 0 Å². The molecule has 0 heterocycles. The molecule has 0 aliphatic carbocycles. The number of fused-ring (bicyclic) bond motifs is 1. The fraction of sp³-hybridized carbons (Fsp3) is 0.286. The first kappa shape index (κ1) is 10.9. The summed E-state index contributed by atoms with van der Waals surface area (Å²) < 4.78 is 1.30. The zero-order valence-corrected chi connectivity index (χ0v) is 11.3. The standard InChI is InChI=1S/C14H15I/c1-10(2)7-11-3-4-13-9-14(15)6-5-12(13)8-11/h3-6,8-10H,7H2,1-2H3. The van der Waals surface area contributed by atoms with Gasteiger partial charge in [0.2, 0.25) is 0 Å². The molecule has 0 nitrogen and oxygen atoms in total. The molecule has 0 unspecified atom stereocenters. The van der Waals surface area contributed by atoms with E-state index in [0.29, 0.717) is 0 Å². The van der Waals surface area contributed by atoms with E-state index in [-0.39, 0.29) is 0 Å². The van der Waals surface area contributed by atoms with Gasteiger partial charge in [0.1, 0.15) is 0 Å². The predicted molar refractivity (Wildman–Crippen MR) is 75.2 cm³/mol. The molecule has 0 aromatic heterocycles. The fourth-order valence-corrected chi connectivity index (χ4v) is 2.38. The summed E-state index contributed by atoms with van der Waals surface area (Å²) >= 11 is 2.36. The van der Waals surface area contributed by atoms with Gasteiger partial charge in [-0.05, 0) is 63.4 Å². The van der Waals surface area contributed by atoms with Crippen LogP contribution in [-0.2, 0) is 6.42 Å². The number of hydrogen-bond donors (Lipinski definition) is 0. The number of hydrogen-bond acceptors (Lipinski definition) is 0. The molecule has 0 fully saturated rings. The van der Waals surface area contributed by atoms with E-state index in [1.54, 1.807) is 0 Å². The van der Waals surface area contributed by atoms with Crippen molar-refractivity contribution in [2.24, 2.45) is 5.92 Å². The lowest BCUT2D eigenvalue weighted by Crippen LogP contribution is -1.93. The second-order valence-corrected chi connectivity index (χ2v) is 5.67. The Hall–Kier alpha value is -0.570. The summed E-state index contributed by atoms with van der Waals surface area (Å²) in [6.07, 6.45) is 1.17. The third kappa shape index (κ3) is 2.71. The van der Waals surface area contributed by atoms with Gasteiger partial charge in [-0.15, -0.1) is 0 Å². The van der Waals surface area contributed by atoms with Gasteiger partial charge in [-0.25, -0.2) is 0 Å². The monoisotopic (exact) mass is 310 g/mol. The van der Waals surface area contributed by atoms with Gasteiger partial charge in [0.15, 0.2) is 0 Å². The van der Waals surface area contributed by atoms with Crippen LogP contribution in [0, 0.1) is 9.49 Å². The van der Waals surface area contributed by atoms with Gasteiger partial charge in [-0.1, -0.05) is 38.1 Å². The highest BCUT2D eigenvalue weighted by atomic mass is 127. The minimum absolute atomic E-state index is 0.728. The van der Waals surface area contributed by atoms with Crippen molar-refractivity contribution in [3.63, 3.8) is 0 Å². The molecule has 0 N–H and O–H groups in total. The number of benzene rings is 2. The minimum Gasteiger partial charge on any atom is -0.0625 e. The fourth-order valence-electron chi connectivity index (χ4n) is 1.86. The largest absolute Gasteiger partial charge is 0.0625 e. The molecule has 2 aromatic carbocycles. The van der Waals surface area contributed by atoms with Crippen LogP contribution in [-0.4, -0.2) is 0 Å². The average molecular weight is 310 g/mol. The van der Waals surface area contributed by atoms with Crippen molar-refractivity contribution < 1.29 is 0 Å². The minimum atomic E-state index is 0.728. The Bertz CT molecular complexity index is 472. The summed E-state index contributed by atoms with van der Waals surface area (Å²) in [5.41, 5.74) is 1.44. The van der Waals surface area contributed by atoms with Crippen molar-refractivity contribution in [2.45, 2.75) is 20.3 Å². The van der Waals surface area contributed by atoms with E-state index in [1.165, 1.54) is 26.3 Å². The van der Waals surface area contributed by atoms with Crippen LogP contribution in [0.3, 0.4) is 0 Å². The zero-order valence-electron chi connectivity index (χ0n) is 9.13. The quantitative estimate of drug-likeness (QED) is 0.709. The van der Waals surface area contributed by atoms with Crippen LogP contribution in [0.15, 0.2) is 36.4 Å². The molecule has 0 spiro atoms. The van der Waals surface area contributed by atoms with E-state index in [2.05, 4.69) is 72.8 Å². The van der Waals surface area contributed by atoms with Crippen molar-refractivity contribution in [1.82, 2.24) is 0 Å². The van der Waals surface area contributed by atoms with E-state index in [1.807, 2.05) is 0 Å². The van der Waals surface area contributed by atoms with Crippen LogP contribution in [0.4, 0.5) is 0 Å². The summed E-state index contributed by atoms with van der Waals surface area (Å²) in [5.74, 6) is 0.728. The number of rotatable bonds is 2. The molecule has 78 valence electrons. The Morgan fingerprint density at radius 2 is 1.67 bits per heavy atom. The molecule has 1 heteroatoms. The predicted octanol–water partition coefficient (Wildman–Crippen LogP) is 4.64. The molecule has 0 amide bonds. The second-order valence-electron chi connectivity index (χ2n) is 4.42. The van der Waals surface area contributed by atoms with Gasteiger partial charge >= 0.3 is 0 Å². The topological polar surface area (TPSA) is 0 Å². The molecule has 0 saturated heterocycles. The van der Waals surface area contributed by atoms with Crippen LogP contribution in [0.2, 0.25) is 0 Å². The molecular formula is C14H15I. The molecule has 0 bridgehead atoms. The lowest BCUT2D eigenvalue weighted by atomic mass is 10.00. The Balaban J connectivity index is 2.43. The highest BCUT2D eigenvalue weighted by molar-refractivity contribution is 14.1. The van der Waals surface area contributed by atoms with Crippen LogP contribution in [0.1, 0.15) is 19.4 Å². The van der Waals surface area contributed by atoms with Crippen molar-refractivity contribution >= 4 is 33.4 Å². The summed E-state index contributed by atoms with van der Waals surface area (Å²) in [6.45, 7) is 4.52. The second kappa shape index (κ2) is 4.52. The summed E-state index contributed by atoms with van der Waals surface area (Å²) in [4.78, 5) is 0. The first-order valence-electron chi connectivity index (χ1n) is 5.33. The summed E-state index contributed by atoms with van der Waals surface area (Å²) in [5, 5.41) is 2.70. The third-order valence-corrected chi connectivity index (χ3v) is 3.18. The van der Waals surface area contributed by atoms with E-state index in [9.17, 15) is 0 Å². The normalized spacial score (nSPS) is 11.2. The van der Waals surface area contributed by atoms with Gasteiger partial charge < -0.3 is 0 Å². The van der Waals surface area contributed by atoms with E-state index >= 15 is 0 Å². The maximum atomic E-state index is 2.36. The highest BCUT2D eigenvalue weighted by Crippen LogP contribution is 2.20. The molecular weight excluding hydrogens is 295 g/mol. The Kier molecular flexibility index (Phi) is 3.29. The van der Waals surface area contributed by atoms with Crippen molar-refractivity contribution in [1.29, 1.82) is 0 Å². The van der Waals surface area contributed by atoms with Gasteiger partial charge in [-0.3, -0.25) is 0 Å². The maximum absolute atomic E-state index is 2.36. The van der Waals surface area contributed by atoms with Crippen molar-refractivity contribution in [3.05, 3.63) is 45.5 Å². The first-order valence-corrected chi connectivity index (χ1v) is 6.41. The van der Waals surface area contributed by atoms with Gasteiger partial charge in [-0.2, -0.15) is 0 Å². The smallest absolute Gasteiger partial charge is 0.0136 e. The Labute approximate surface area is 105 Å². The zero-order chi connectivity index (χ0) is 10.8. The van der Waals surface area contributed by atoms with E-state index in [0.717, 1.165) is 5.92 Å². The van der Waals surface area contributed by atoms with E-state index in [4.69, 9.17) is 0 Å². The molecule has 0 radical (unpaired) electrons. The van der Waals surface area contributed by atoms with Crippen LogP contribution in [0.5, 0.6) is 0 Å².